The zero-order chi connectivity index (χ0) is 12.6. The maximum Gasteiger partial charge on any atom is 0.279 e. The number of fused-ring (bicyclic) bond motifs is 1. The van der Waals surface area contributed by atoms with Crippen LogP contribution in [0.1, 0.15) is 12.0 Å². The lowest BCUT2D eigenvalue weighted by molar-refractivity contribution is -0.117. The number of aryl methyl sites for hydroxylation is 1. The van der Waals surface area contributed by atoms with E-state index in [9.17, 15) is 9.90 Å². The Morgan fingerprint density at radius 3 is 2.71 bits per heavy atom. The van der Waals surface area contributed by atoms with Gasteiger partial charge in [-0.2, -0.15) is 0 Å². The number of amides is 1. The van der Waals surface area contributed by atoms with E-state index >= 15 is 0 Å². The molecule has 0 saturated carbocycles. The van der Waals surface area contributed by atoms with Gasteiger partial charge in [0.05, 0.1) is 0 Å². The van der Waals surface area contributed by atoms with E-state index < -0.39 is 9.70 Å². The molecule has 0 saturated heterocycles. The summed E-state index contributed by atoms with van der Waals surface area (Å²) in [6.45, 7) is 0.518. The van der Waals surface area contributed by atoms with Crippen LogP contribution in [0.3, 0.4) is 0 Å². The molecule has 0 radical (unpaired) electrons. The highest BCUT2D eigenvalue weighted by Gasteiger charge is 2.37. The molecule has 0 bridgehead atoms. The van der Waals surface area contributed by atoms with Crippen LogP contribution in [0.4, 0.5) is 5.69 Å². The van der Waals surface area contributed by atoms with Crippen molar-refractivity contribution in [2.45, 2.75) is 16.6 Å². The zero-order valence-electron chi connectivity index (χ0n) is 8.79. The van der Waals surface area contributed by atoms with Gasteiger partial charge in [0.25, 0.3) is 9.70 Å². The molecule has 1 aliphatic heterocycles. The van der Waals surface area contributed by atoms with Crippen LogP contribution in [0.2, 0.25) is 0 Å². The average Bonchev–Trinajstić information content (AvgIpc) is 2.25. The molecule has 2 rings (SSSR count). The van der Waals surface area contributed by atoms with Crippen LogP contribution in [0.15, 0.2) is 18.2 Å². The number of hydrogen-bond donors (Lipinski definition) is 1. The van der Waals surface area contributed by atoms with Crippen molar-refractivity contribution >= 4 is 46.4 Å². The summed E-state index contributed by atoms with van der Waals surface area (Å²) in [5.41, 5.74) is 1.59. The summed E-state index contributed by atoms with van der Waals surface area (Å²) in [6.07, 6.45) is 1.58. The topological polar surface area (TPSA) is 40.5 Å². The summed E-state index contributed by atoms with van der Waals surface area (Å²) in [7, 11) is 0. The molecule has 1 aromatic carbocycles. The minimum Gasteiger partial charge on any atom is -0.508 e. The number of benzene rings is 1. The molecule has 1 aliphatic rings. The smallest absolute Gasteiger partial charge is 0.279 e. The number of carbonyl (C=O) groups is 1. The van der Waals surface area contributed by atoms with Crippen molar-refractivity contribution in [2.24, 2.45) is 0 Å². The minimum absolute atomic E-state index is 0.173. The van der Waals surface area contributed by atoms with Gasteiger partial charge in [-0.15, -0.1) is 0 Å². The molecule has 1 heterocycles. The summed E-state index contributed by atoms with van der Waals surface area (Å²) >= 11 is 16.8. The highest BCUT2D eigenvalue weighted by atomic mass is 35.6. The van der Waals surface area contributed by atoms with Crippen LogP contribution in [0, 0.1) is 0 Å². The van der Waals surface area contributed by atoms with Crippen LogP contribution >= 0.6 is 34.8 Å². The highest BCUT2D eigenvalue weighted by Crippen LogP contribution is 2.35. The maximum atomic E-state index is 11.9. The lowest BCUT2D eigenvalue weighted by Gasteiger charge is -2.31. The second-order valence-electron chi connectivity index (χ2n) is 3.87. The molecule has 0 spiro atoms. The van der Waals surface area contributed by atoms with Crippen LogP contribution < -0.4 is 4.90 Å². The fraction of sp³-hybridized carbons (Fsp3) is 0.364. The molecule has 92 valence electrons. The molecule has 3 nitrogen and oxygen atoms in total. The fourth-order valence-corrected chi connectivity index (χ4v) is 2.25. The third-order valence-corrected chi connectivity index (χ3v) is 3.15. The molecule has 1 amide bonds. The number of halogens is 3. The van der Waals surface area contributed by atoms with E-state index in [-0.39, 0.29) is 5.75 Å². The Labute approximate surface area is 114 Å². The average molecular weight is 295 g/mol. The molecule has 0 fully saturated rings. The normalized spacial score (nSPS) is 15.6. The summed E-state index contributed by atoms with van der Waals surface area (Å²) in [5, 5.41) is 9.39. The fourth-order valence-electron chi connectivity index (χ4n) is 1.95. The summed E-state index contributed by atoms with van der Waals surface area (Å²) in [6, 6.07) is 4.81. The SMILES string of the molecule is O=C(N1CCCc2cc(O)ccc21)C(Cl)(Cl)Cl. The first-order chi connectivity index (χ1) is 7.89. The Morgan fingerprint density at radius 1 is 1.35 bits per heavy atom. The van der Waals surface area contributed by atoms with Gasteiger partial charge in [-0.05, 0) is 36.6 Å². The standard InChI is InChI=1S/C11H10Cl3NO2/c12-11(13,14)10(17)15-5-1-2-7-6-8(16)3-4-9(7)15/h3-4,6,16H,1-2,5H2. The summed E-state index contributed by atoms with van der Waals surface area (Å²) < 4.78 is -1.95. The van der Waals surface area contributed by atoms with Crippen molar-refractivity contribution in [1.29, 1.82) is 0 Å². The van der Waals surface area contributed by atoms with E-state index in [4.69, 9.17) is 34.8 Å². The van der Waals surface area contributed by atoms with Crippen molar-refractivity contribution in [3.8, 4) is 5.75 Å². The summed E-state index contributed by atoms with van der Waals surface area (Å²) in [4.78, 5) is 13.4. The first-order valence-corrected chi connectivity index (χ1v) is 6.23. The Kier molecular flexibility index (Phi) is 3.43. The molecular weight excluding hydrogens is 284 g/mol. The quantitative estimate of drug-likeness (QED) is 0.747. The number of aromatic hydroxyl groups is 1. The Bertz CT molecular complexity index is 457. The van der Waals surface area contributed by atoms with Crippen LogP contribution in [0.25, 0.3) is 0 Å². The van der Waals surface area contributed by atoms with Crippen LogP contribution in [0.5, 0.6) is 5.75 Å². The Morgan fingerprint density at radius 2 is 2.06 bits per heavy atom. The first kappa shape index (κ1) is 12.8. The van der Waals surface area contributed by atoms with Gasteiger partial charge in [0.2, 0.25) is 0 Å². The van der Waals surface area contributed by atoms with E-state index in [0.717, 1.165) is 18.4 Å². The molecule has 1 aromatic rings. The summed E-state index contributed by atoms with van der Waals surface area (Å²) in [5.74, 6) is -0.388. The molecule has 0 aromatic heterocycles. The zero-order valence-corrected chi connectivity index (χ0v) is 11.1. The number of alkyl halides is 3. The van der Waals surface area contributed by atoms with E-state index in [1.807, 2.05) is 0 Å². The Hall–Kier alpha value is -0.640. The van der Waals surface area contributed by atoms with Gasteiger partial charge in [0.15, 0.2) is 0 Å². The molecular formula is C11H10Cl3NO2. The van der Waals surface area contributed by atoms with Gasteiger partial charge in [0, 0.05) is 12.2 Å². The third-order valence-electron chi connectivity index (χ3n) is 2.67. The second kappa shape index (κ2) is 4.56. The number of anilines is 1. The van der Waals surface area contributed by atoms with Gasteiger partial charge in [0.1, 0.15) is 5.75 Å². The van der Waals surface area contributed by atoms with Crippen molar-refractivity contribution in [2.75, 3.05) is 11.4 Å². The van der Waals surface area contributed by atoms with Gasteiger partial charge in [-0.1, -0.05) is 34.8 Å². The number of hydrogen-bond acceptors (Lipinski definition) is 2. The molecule has 17 heavy (non-hydrogen) atoms. The van der Waals surface area contributed by atoms with Gasteiger partial charge >= 0.3 is 0 Å². The van der Waals surface area contributed by atoms with E-state index in [1.54, 1.807) is 12.1 Å². The molecule has 0 atom stereocenters. The van der Waals surface area contributed by atoms with E-state index in [1.165, 1.54) is 11.0 Å². The van der Waals surface area contributed by atoms with Crippen molar-refractivity contribution in [1.82, 2.24) is 0 Å². The van der Waals surface area contributed by atoms with Crippen molar-refractivity contribution in [3.05, 3.63) is 23.8 Å². The van der Waals surface area contributed by atoms with E-state index in [2.05, 4.69) is 0 Å². The van der Waals surface area contributed by atoms with Gasteiger partial charge in [-0.3, -0.25) is 4.79 Å². The second-order valence-corrected chi connectivity index (χ2v) is 6.15. The largest absolute Gasteiger partial charge is 0.508 e. The maximum absolute atomic E-state index is 11.9. The minimum atomic E-state index is -1.95. The van der Waals surface area contributed by atoms with Crippen LogP contribution in [-0.2, 0) is 11.2 Å². The molecule has 0 aliphatic carbocycles. The van der Waals surface area contributed by atoms with Gasteiger partial charge < -0.3 is 10.0 Å². The molecule has 1 N–H and O–H groups in total. The number of phenols is 1. The van der Waals surface area contributed by atoms with Gasteiger partial charge in [-0.25, -0.2) is 0 Å². The Balaban J connectivity index is 2.39. The highest BCUT2D eigenvalue weighted by molar-refractivity contribution is 6.77. The predicted molar refractivity (Wildman–Crippen MR) is 69.1 cm³/mol. The van der Waals surface area contributed by atoms with Crippen molar-refractivity contribution < 1.29 is 9.90 Å². The lowest BCUT2D eigenvalue weighted by atomic mass is 10.0. The van der Waals surface area contributed by atoms with Crippen molar-refractivity contribution in [3.63, 3.8) is 0 Å². The lowest BCUT2D eigenvalue weighted by Crippen LogP contribution is -2.42. The first-order valence-electron chi connectivity index (χ1n) is 5.10. The number of phenolic OH excluding ortho intramolecular Hbond substituents is 1. The number of nitrogens with zero attached hydrogens (tertiary/aromatic N) is 1. The number of rotatable bonds is 0. The van der Waals surface area contributed by atoms with E-state index in [0.29, 0.717) is 12.2 Å². The third kappa shape index (κ3) is 2.62. The van der Waals surface area contributed by atoms with Crippen LogP contribution in [-0.4, -0.2) is 21.4 Å². The molecule has 0 unspecified atom stereocenters. The number of carbonyl (C=O) groups excluding carboxylic acids is 1. The predicted octanol–water partition coefficient (Wildman–Crippen LogP) is 3.04. The monoisotopic (exact) mass is 293 g/mol. The molecule has 6 heteroatoms.